The highest BCUT2D eigenvalue weighted by Gasteiger charge is 2.35. The molecular formula is C7H14N2O2. The first-order valence-corrected chi connectivity index (χ1v) is 3.80. The molecule has 3 unspecified atom stereocenters. The lowest BCUT2D eigenvalue weighted by molar-refractivity contribution is -0.142. The van der Waals surface area contributed by atoms with Gasteiger partial charge < -0.3 is 16.2 Å². The Kier molecular flexibility index (Phi) is 2.46. The van der Waals surface area contributed by atoms with Gasteiger partial charge in [0.15, 0.2) is 0 Å². The Morgan fingerprint density at radius 2 is 2.27 bits per heavy atom. The number of carboxylic acids is 1. The Morgan fingerprint density at radius 3 is 2.64 bits per heavy atom. The zero-order chi connectivity index (χ0) is 8.43. The summed E-state index contributed by atoms with van der Waals surface area (Å²) in [6.45, 7) is 0. The zero-order valence-corrected chi connectivity index (χ0v) is 6.58. The summed E-state index contributed by atoms with van der Waals surface area (Å²) in [7, 11) is 1.78. The predicted molar refractivity (Wildman–Crippen MR) is 41.2 cm³/mol. The SMILES string of the molecule is CNC1CC(N)CC1C(=O)O. The highest BCUT2D eigenvalue weighted by molar-refractivity contribution is 5.71. The number of hydrogen-bond donors (Lipinski definition) is 3. The molecule has 1 rings (SSSR count). The second-order valence-electron chi connectivity index (χ2n) is 3.07. The summed E-state index contributed by atoms with van der Waals surface area (Å²) in [5.41, 5.74) is 5.63. The molecule has 4 heteroatoms. The molecule has 1 fully saturated rings. The van der Waals surface area contributed by atoms with E-state index in [0.29, 0.717) is 6.42 Å². The standard InChI is InChI=1S/C7H14N2O2/c1-9-6-3-4(8)2-5(6)7(10)11/h4-6,9H,2-3,8H2,1H3,(H,10,11). The van der Waals surface area contributed by atoms with E-state index in [2.05, 4.69) is 5.32 Å². The van der Waals surface area contributed by atoms with Gasteiger partial charge in [0.1, 0.15) is 0 Å². The van der Waals surface area contributed by atoms with Crippen LogP contribution in [0.25, 0.3) is 0 Å². The van der Waals surface area contributed by atoms with Crippen molar-refractivity contribution >= 4 is 5.97 Å². The van der Waals surface area contributed by atoms with E-state index in [1.807, 2.05) is 0 Å². The lowest BCUT2D eigenvalue weighted by Gasteiger charge is -2.13. The minimum absolute atomic E-state index is 0.0496. The van der Waals surface area contributed by atoms with Crippen LogP contribution in [-0.2, 0) is 4.79 Å². The first kappa shape index (κ1) is 8.49. The van der Waals surface area contributed by atoms with Crippen molar-refractivity contribution < 1.29 is 9.90 Å². The van der Waals surface area contributed by atoms with Gasteiger partial charge in [0.25, 0.3) is 0 Å². The van der Waals surface area contributed by atoms with Crippen molar-refractivity contribution in [1.82, 2.24) is 5.32 Å². The van der Waals surface area contributed by atoms with Crippen molar-refractivity contribution in [3.05, 3.63) is 0 Å². The molecule has 1 saturated carbocycles. The largest absolute Gasteiger partial charge is 0.481 e. The number of nitrogens with one attached hydrogen (secondary N) is 1. The molecule has 1 aliphatic rings. The molecule has 0 aromatic heterocycles. The Morgan fingerprint density at radius 1 is 1.64 bits per heavy atom. The number of carbonyl (C=O) groups is 1. The maximum absolute atomic E-state index is 10.6. The molecular weight excluding hydrogens is 144 g/mol. The third kappa shape index (κ3) is 1.70. The Balaban J connectivity index is 2.57. The lowest BCUT2D eigenvalue weighted by Crippen LogP contribution is -2.33. The molecule has 0 bridgehead atoms. The van der Waals surface area contributed by atoms with Gasteiger partial charge in [-0.3, -0.25) is 4.79 Å². The third-order valence-corrected chi connectivity index (χ3v) is 2.29. The van der Waals surface area contributed by atoms with Crippen molar-refractivity contribution in [2.75, 3.05) is 7.05 Å². The number of hydrogen-bond acceptors (Lipinski definition) is 3. The average molecular weight is 158 g/mol. The fourth-order valence-electron chi connectivity index (χ4n) is 1.67. The van der Waals surface area contributed by atoms with E-state index in [9.17, 15) is 4.79 Å². The van der Waals surface area contributed by atoms with E-state index in [4.69, 9.17) is 10.8 Å². The van der Waals surface area contributed by atoms with Gasteiger partial charge in [0.2, 0.25) is 0 Å². The van der Waals surface area contributed by atoms with Crippen LogP contribution in [0.2, 0.25) is 0 Å². The van der Waals surface area contributed by atoms with Gasteiger partial charge >= 0.3 is 5.97 Å². The van der Waals surface area contributed by atoms with Crippen LogP contribution in [0.15, 0.2) is 0 Å². The Hall–Kier alpha value is -0.610. The Bertz CT molecular complexity index is 161. The summed E-state index contributed by atoms with van der Waals surface area (Å²) in [6, 6.07) is 0.107. The molecule has 0 amide bonds. The van der Waals surface area contributed by atoms with Crippen molar-refractivity contribution in [1.29, 1.82) is 0 Å². The van der Waals surface area contributed by atoms with E-state index in [1.54, 1.807) is 7.05 Å². The van der Waals surface area contributed by atoms with Crippen LogP contribution in [-0.4, -0.2) is 30.2 Å². The van der Waals surface area contributed by atoms with E-state index < -0.39 is 5.97 Å². The molecule has 4 nitrogen and oxygen atoms in total. The molecule has 0 radical (unpaired) electrons. The molecule has 3 atom stereocenters. The molecule has 64 valence electrons. The summed E-state index contributed by atoms with van der Waals surface area (Å²) in [5.74, 6) is -1.03. The summed E-state index contributed by atoms with van der Waals surface area (Å²) >= 11 is 0. The molecule has 4 N–H and O–H groups in total. The van der Waals surface area contributed by atoms with Crippen LogP contribution in [0.5, 0.6) is 0 Å². The monoisotopic (exact) mass is 158 g/mol. The number of carboxylic acid groups (broad SMARTS) is 1. The van der Waals surface area contributed by atoms with Gasteiger partial charge in [-0.1, -0.05) is 0 Å². The molecule has 0 aromatic carbocycles. The van der Waals surface area contributed by atoms with Gasteiger partial charge in [0.05, 0.1) is 5.92 Å². The van der Waals surface area contributed by atoms with Crippen molar-refractivity contribution in [2.24, 2.45) is 11.7 Å². The minimum atomic E-state index is -0.739. The molecule has 0 aliphatic heterocycles. The number of aliphatic carboxylic acids is 1. The summed E-state index contributed by atoms with van der Waals surface area (Å²) in [5, 5.41) is 11.7. The molecule has 11 heavy (non-hydrogen) atoms. The molecule has 0 saturated heterocycles. The van der Waals surface area contributed by atoms with Crippen molar-refractivity contribution in [2.45, 2.75) is 24.9 Å². The summed E-state index contributed by atoms with van der Waals surface area (Å²) in [4.78, 5) is 10.6. The van der Waals surface area contributed by atoms with Gasteiger partial charge in [-0.15, -0.1) is 0 Å². The highest BCUT2D eigenvalue weighted by atomic mass is 16.4. The van der Waals surface area contributed by atoms with Crippen molar-refractivity contribution in [3.8, 4) is 0 Å². The molecule has 0 heterocycles. The van der Waals surface area contributed by atoms with Gasteiger partial charge in [-0.25, -0.2) is 0 Å². The smallest absolute Gasteiger partial charge is 0.308 e. The highest BCUT2D eigenvalue weighted by Crippen LogP contribution is 2.24. The van der Waals surface area contributed by atoms with Crippen molar-refractivity contribution in [3.63, 3.8) is 0 Å². The average Bonchev–Trinajstić information content (AvgIpc) is 2.30. The van der Waals surface area contributed by atoms with Crippen LogP contribution in [0.3, 0.4) is 0 Å². The van der Waals surface area contributed by atoms with E-state index in [-0.39, 0.29) is 18.0 Å². The first-order chi connectivity index (χ1) is 5.15. The molecule has 1 aliphatic carbocycles. The topological polar surface area (TPSA) is 75.3 Å². The van der Waals surface area contributed by atoms with E-state index in [1.165, 1.54) is 0 Å². The minimum Gasteiger partial charge on any atom is -0.481 e. The summed E-state index contributed by atoms with van der Waals surface area (Å²) < 4.78 is 0. The van der Waals surface area contributed by atoms with E-state index in [0.717, 1.165) is 6.42 Å². The normalized spacial score (nSPS) is 37.5. The van der Waals surface area contributed by atoms with Crippen LogP contribution < -0.4 is 11.1 Å². The number of rotatable bonds is 2. The van der Waals surface area contributed by atoms with Gasteiger partial charge in [0, 0.05) is 12.1 Å². The maximum atomic E-state index is 10.6. The van der Waals surface area contributed by atoms with Crippen LogP contribution >= 0.6 is 0 Å². The second-order valence-corrected chi connectivity index (χ2v) is 3.07. The first-order valence-electron chi connectivity index (χ1n) is 3.80. The fourth-order valence-corrected chi connectivity index (χ4v) is 1.67. The van der Waals surface area contributed by atoms with Crippen LogP contribution in [0.1, 0.15) is 12.8 Å². The van der Waals surface area contributed by atoms with Crippen LogP contribution in [0.4, 0.5) is 0 Å². The van der Waals surface area contributed by atoms with Crippen LogP contribution in [0, 0.1) is 5.92 Å². The lowest BCUT2D eigenvalue weighted by atomic mass is 10.0. The third-order valence-electron chi connectivity index (χ3n) is 2.29. The quantitative estimate of drug-likeness (QED) is 0.501. The zero-order valence-electron chi connectivity index (χ0n) is 6.58. The second kappa shape index (κ2) is 3.19. The Labute approximate surface area is 65.8 Å². The fraction of sp³-hybridized carbons (Fsp3) is 0.857. The summed E-state index contributed by atoms with van der Waals surface area (Å²) in [6.07, 6.45) is 1.37. The van der Waals surface area contributed by atoms with Gasteiger partial charge in [-0.2, -0.15) is 0 Å². The molecule has 0 aromatic rings. The van der Waals surface area contributed by atoms with Gasteiger partial charge in [-0.05, 0) is 19.9 Å². The molecule has 0 spiro atoms. The maximum Gasteiger partial charge on any atom is 0.308 e. The predicted octanol–water partition coefficient (Wildman–Crippen LogP) is -0.604. The van der Waals surface area contributed by atoms with E-state index >= 15 is 0 Å². The number of nitrogens with two attached hydrogens (primary N) is 1.